The Kier molecular flexibility index (Phi) is 3.77. The first-order chi connectivity index (χ1) is 11.8. The number of hydrogen-bond acceptors (Lipinski definition) is 5. The van der Waals surface area contributed by atoms with Crippen LogP contribution in [0.4, 0.5) is 15.9 Å². The molecular weight excluding hydrogens is 305 g/mol. The van der Waals surface area contributed by atoms with Crippen LogP contribution < -0.4 is 9.80 Å². The summed E-state index contributed by atoms with van der Waals surface area (Å²) in [5, 5.41) is 9.28. The summed E-state index contributed by atoms with van der Waals surface area (Å²) in [6.45, 7) is 1.68. The van der Waals surface area contributed by atoms with Crippen LogP contribution in [0.3, 0.4) is 0 Å². The third-order valence-corrected chi connectivity index (χ3v) is 4.75. The van der Waals surface area contributed by atoms with Crippen LogP contribution in [0, 0.1) is 17.1 Å². The summed E-state index contributed by atoms with van der Waals surface area (Å²) >= 11 is 0. The zero-order chi connectivity index (χ0) is 16.5. The molecule has 1 aliphatic carbocycles. The molecule has 122 valence electrons. The summed E-state index contributed by atoms with van der Waals surface area (Å²) in [6.07, 6.45) is 6.76. The van der Waals surface area contributed by atoms with Gasteiger partial charge in [0.05, 0.1) is 11.3 Å². The molecule has 4 rings (SSSR count). The van der Waals surface area contributed by atoms with Crippen LogP contribution in [-0.2, 0) is 0 Å². The minimum Gasteiger partial charge on any atom is -0.368 e. The van der Waals surface area contributed by atoms with Crippen molar-refractivity contribution in [2.24, 2.45) is 0 Å². The molecule has 0 spiro atoms. The first-order valence-electron chi connectivity index (χ1n) is 8.25. The van der Waals surface area contributed by atoms with E-state index >= 15 is 0 Å². The maximum atomic E-state index is 13.4. The molecule has 1 aliphatic heterocycles. The van der Waals surface area contributed by atoms with Gasteiger partial charge in [-0.2, -0.15) is 5.26 Å². The second-order valence-corrected chi connectivity index (χ2v) is 6.37. The molecule has 0 amide bonds. The number of halogens is 1. The van der Waals surface area contributed by atoms with Crippen molar-refractivity contribution in [1.29, 1.82) is 5.26 Å². The Hall–Kier alpha value is -2.68. The molecule has 0 N–H and O–H groups in total. The van der Waals surface area contributed by atoms with Crippen molar-refractivity contribution in [3.05, 3.63) is 48.2 Å². The predicted octanol–water partition coefficient (Wildman–Crippen LogP) is 2.74. The highest BCUT2D eigenvalue weighted by atomic mass is 19.1. The molecule has 0 radical (unpaired) electrons. The van der Waals surface area contributed by atoms with Gasteiger partial charge in [-0.1, -0.05) is 0 Å². The molecular formula is C18H18FN5. The zero-order valence-electron chi connectivity index (χ0n) is 13.3. The molecule has 5 nitrogen and oxygen atoms in total. The molecule has 1 aromatic heterocycles. The normalized spacial score (nSPS) is 20.0. The van der Waals surface area contributed by atoms with E-state index in [1.165, 1.54) is 25.0 Å². The Balaban J connectivity index is 1.57. The highest BCUT2D eigenvalue weighted by Crippen LogP contribution is 2.36. The summed E-state index contributed by atoms with van der Waals surface area (Å²) in [7, 11) is 0. The number of nitriles is 1. The van der Waals surface area contributed by atoms with Crippen LogP contribution in [0.5, 0.6) is 0 Å². The molecule has 2 fully saturated rings. The van der Waals surface area contributed by atoms with Crippen LogP contribution in [0.15, 0.2) is 36.8 Å². The summed E-state index contributed by atoms with van der Waals surface area (Å²) in [5.41, 5.74) is 1.22. The first-order valence-corrected chi connectivity index (χ1v) is 8.25. The van der Waals surface area contributed by atoms with Crippen LogP contribution in [0.2, 0.25) is 0 Å². The van der Waals surface area contributed by atoms with Gasteiger partial charge in [0.1, 0.15) is 24.0 Å². The number of aromatic nitrogens is 2. The zero-order valence-corrected chi connectivity index (χ0v) is 13.3. The van der Waals surface area contributed by atoms with Crippen LogP contribution in [0.1, 0.15) is 24.8 Å². The van der Waals surface area contributed by atoms with Gasteiger partial charge < -0.3 is 9.80 Å². The number of rotatable bonds is 4. The number of anilines is 2. The van der Waals surface area contributed by atoms with Crippen molar-refractivity contribution in [1.82, 2.24) is 9.97 Å². The highest BCUT2D eigenvalue weighted by Gasteiger charge is 2.38. The van der Waals surface area contributed by atoms with Gasteiger partial charge in [-0.15, -0.1) is 0 Å². The number of hydrogen-bond donors (Lipinski definition) is 0. The number of benzene rings is 1. The van der Waals surface area contributed by atoms with Crippen molar-refractivity contribution < 1.29 is 4.39 Å². The largest absolute Gasteiger partial charge is 0.368 e. The SMILES string of the molecule is N#Cc1cc(F)ccc1N1CCC(N(c2ccncn2)C2CC2)C1. The smallest absolute Gasteiger partial charge is 0.132 e. The van der Waals surface area contributed by atoms with Gasteiger partial charge in [0.25, 0.3) is 0 Å². The number of nitrogens with zero attached hydrogens (tertiary/aromatic N) is 5. The Morgan fingerprint density at radius 1 is 1.21 bits per heavy atom. The topological polar surface area (TPSA) is 56.1 Å². The van der Waals surface area contributed by atoms with E-state index in [1.807, 2.05) is 6.07 Å². The molecule has 2 aliphatic rings. The lowest BCUT2D eigenvalue weighted by Crippen LogP contribution is -2.40. The lowest BCUT2D eigenvalue weighted by Gasteiger charge is -2.30. The first kappa shape index (κ1) is 14.9. The van der Waals surface area contributed by atoms with Crippen molar-refractivity contribution >= 4 is 11.5 Å². The Morgan fingerprint density at radius 2 is 2.08 bits per heavy atom. The summed E-state index contributed by atoms with van der Waals surface area (Å²) < 4.78 is 13.4. The van der Waals surface area contributed by atoms with E-state index in [9.17, 15) is 9.65 Å². The molecule has 1 saturated heterocycles. The molecule has 0 bridgehead atoms. The Morgan fingerprint density at radius 3 is 2.79 bits per heavy atom. The van der Waals surface area contributed by atoms with Crippen molar-refractivity contribution in [2.45, 2.75) is 31.3 Å². The molecule has 1 aromatic carbocycles. The molecule has 1 atom stereocenters. The predicted molar refractivity (Wildman–Crippen MR) is 89.3 cm³/mol. The standard InChI is InChI=1S/C18H18FN5/c19-14-1-4-17(13(9-14)10-20)23-8-6-16(11-23)24(15-2-3-15)18-5-7-21-12-22-18/h1,4-5,7,9,12,15-16H,2-3,6,8,11H2. The average molecular weight is 323 g/mol. The average Bonchev–Trinajstić information content (AvgIpc) is 3.33. The van der Waals surface area contributed by atoms with Crippen molar-refractivity contribution in [3.8, 4) is 6.07 Å². The van der Waals surface area contributed by atoms with Crippen molar-refractivity contribution in [3.63, 3.8) is 0 Å². The van der Waals surface area contributed by atoms with Gasteiger partial charge in [-0.3, -0.25) is 0 Å². The fourth-order valence-corrected chi connectivity index (χ4v) is 3.52. The quantitative estimate of drug-likeness (QED) is 0.866. The van der Waals surface area contributed by atoms with Gasteiger partial charge in [-0.05, 0) is 43.5 Å². The van der Waals surface area contributed by atoms with Gasteiger partial charge in [0, 0.05) is 31.4 Å². The third kappa shape index (κ3) is 2.78. The Bertz CT molecular complexity index is 769. The van der Waals surface area contributed by atoms with Crippen LogP contribution >= 0.6 is 0 Å². The fraction of sp³-hybridized carbons (Fsp3) is 0.389. The minimum absolute atomic E-state index is 0.351. The molecule has 2 heterocycles. The summed E-state index contributed by atoms with van der Waals surface area (Å²) in [6, 6.07) is 9.41. The molecule has 6 heteroatoms. The van der Waals surface area contributed by atoms with Gasteiger partial charge >= 0.3 is 0 Å². The minimum atomic E-state index is -0.369. The maximum absolute atomic E-state index is 13.4. The Labute approximate surface area is 140 Å². The van der Waals surface area contributed by atoms with E-state index in [1.54, 1.807) is 18.6 Å². The second-order valence-electron chi connectivity index (χ2n) is 6.37. The lowest BCUT2D eigenvalue weighted by atomic mass is 10.1. The van der Waals surface area contributed by atoms with E-state index in [0.29, 0.717) is 17.6 Å². The molecule has 1 unspecified atom stereocenters. The molecule has 2 aromatic rings. The van der Waals surface area contributed by atoms with E-state index in [-0.39, 0.29) is 5.82 Å². The highest BCUT2D eigenvalue weighted by molar-refractivity contribution is 5.60. The monoisotopic (exact) mass is 323 g/mol. The van der Waals surface area contributed by atoms with Crippen LogP contribution in [0.25, 0.3) is 0 Å². The summed E-state index contributed by atoms with van der Waals surface area (Å²) in [4.78, 5) is 13.0. The van der Waals surface area contributed by atoms with Gasteiger partial charge in [-0.25, -0.2) is 14.4 Å². The van der Waals surface area contributed by atoms with E-state index in [2.05, 4.69) is 25.8 Å². The lowest BCUT2D eigenvalue weighted by molar-refractivity contribution is 0.623. The maximum Gasteiger partial charge on any atom is 0.132 e. The van der Waals surface area contributed by atoms with Gasteiger partial charge in [0.2, 0.25) is 0 Å². The van der Waals surface area contributed by atoms with E-state index in [0.717, 1.165) is 31.0 Å². The van der Waals surface area contributed by atoms with Gasteiger partial charge in [0.15, 0.2) is 0 Å². The summed E-state index contributed by atoms with van der Waals surface area (Å²) in [5.74, 6) is 0.602. The third-order valence-electron chi connectivity index (χ3n) is 4.75. The second kappa shape index (κ2) is 6.08. The van der Waals surface area contributed by atoms with Crippen LogP contribution in [-0.4, -0.2) is 35.1 Å². The van der Waals surface area contributed by atoms with Crippen molar-refractivity contribution in [2.75, 3.05) is 22.9 Å². The van der Waals surface area contributed by atoms with E-state index in [4.69, 9.17) is 0 Å². The molecule has 1 saturated carbocycles. The van der Waals surface area contributed by atoms with E-state index < -0.39 is 0 Å². The molecule has 24 heavy (non-hydrogen) atoms. The fourth-order valence-electron chi connectivity index (χ4n) is 3.52.